The summed E-state index contributed by atoms with van der Waals surface area (Å²) in [6.07, 6.45) is 0. The number of rotatable bonds is 4. The van der Waals surface area contributed by atoms with Crippen molar-refractivity contribution < 1.29 is 8.42 Å². The fraction of sp³-hybridized carbons (Fsp3) is 0.0909. The van der Waals surface area contributed by atoms with Crippen LogP contribution in [-0.2, 0) is 16.6 Å². The number of anilines is 1. The van der Waals surface area contributed by atoms with Gasteiger partial charge in [-0.2, -0.15) is 0 Å². The van der Waals surface area contributed by atoms with E-state index in [0.717, 1.165) is 0 Å². The summed E-state index contributed by atoms with van der Waals surface area (Å²) in [5.41, 5.74) is 5.75. The van der Waals surface area contributed by atoms with Gasteiger partial charge in [-0.1, -0.05) is 23.2 Å². The molecule has 0 fully saturated rings. The Kier molecular flexibility index (Phi) is 4.37. The zero-order valence-corrected chi connectivity index (χ0v) is 12.7. The Bertz CT molecular complexity index is 698. The molecule has 2 rings (SSSR count). The van der Waals surface area contributed by atoms with Crippen molar-refractivity contribution >= 4 is 50.2 Å². The van der Waals surface area contributed by atoms with Gasteiger partial charge in [0.25, 0.3) is 10.0 Å². The van der Waals surface area contributed by atoms with Crippen LogP contribution in [0.15, 0.2) is 34.5 Å². The van der Waals surface area contributed by atoms with Crippen molar-refractivity contribution in [3.63, 3.8) is 0 Å². The van der Waals surface area contributed by atoms with Crippen LogP contribution in [0.5, 0.6) is 0 Å². The van der Waals surface area contributed by atoms with E-state index in [-0.39, 0.29) is 22.2 Å². The molecule has 19 heavy (non-hydrogen) atoms. The van der Waals surface area contributed by atoms with Crippen LogP contribution in [0.4, 0.5) is 5.69 Å². The maximum atomic E-state index is 12.2. The molecule has 0 saturated heterocycles. The van der Waals surface area contributed by atoms with Crippen LogP contribution in [0.3, 0.4) is 0 Å². The van der Waals surface area contributed by atoms with Crippen molar-refractivity contribution in [1.82, 2.24) is 0 Å². The number of nitrogens with one attached hydrogen (secondary N) is 1. The monoisotopic (exact) mass is 336 g/mol. The van der Waals surface area contributed by atoms with Crippen LogP contribution in [0, 0.1) is 0 Å². The fourth-order valence-electron chi connectivity index (χ4n) is 1.49. The van der Waals surface area contributed by atoms with Crippen molar-refractivity contribution in [2.24, 2.45) is 5.73 Å². The number of halogens is 2. The van der Waals surface area contributed by atoms with E-state index in [1.54, 1.807) is 11.4 Å². The van der Waals surface area contributed by atoms with Gasteiger partial charge in [-0.15, -0.1) is 11.3 Å². The molecule has 0 aliphatic heterocycles. The molecule has 102 valence electrons. The molecule has 3 N–H and O–H groups in total. The molecule has 1 aromatic heterocycles. The first-order chi connectivity index (χ1) is 8.94. The zero-order valence-electron chi connectivity index (χ0n) is 9.56. The summed E-state index contributed by atoms with van der Waals surface area (Å²) >= 11 is 13.0. The topological polar surface area (TPSA) is 72.2 Å². The quantitative estimate of drug-likeness (QED) is 0.899. The number of sulfonamides is 1. The van der Waals surface area contributed by atoms with Gasteiger partial charge in [0, 0.05) is 16.4 Å². The molecule has 8 heteroatoms. The summed E-state index contributed by atoms with van der Waals surface area (Å²) in [7, 11) is -3.71. The number of nitrogens with two attached hydrogens (primary N) is 1. The zero-order chi connectivity index (χ0) is 14.0. The summed E-state index contributed by atoms with van der Waals surface area (Å²) in [6, 6.07) is 6.07. The molecule has 0 saturated carbocycles. The van der Waals surface area contributed by atoms with Crippen LogP contribution in [0.25, 0.3) is 0 Å². The molecule has 0 amide bonds. The Labute approximate surface area is 125 Å². The standard InChI is InChI=1S/C11H10Cl2N2O2S2/c12-7-1-2-8(13)9(5-7)15-19(16,17)11-3-4-18-10(11)6-14/h1-5,15H,6,14H2. The second kappa shape index (κ2) is 5.68. The molecule has 0 aliphatic carbocycles. The Morgan fingerprint density at radius 3 is 2.68 bits per heavy atom. The Hall–Kier alpha value is -0.790. The van der Waals surface area contributed by atoms with Gasteiger partial charge < -0.3 is 5.73 Å². The van der Waals surface area contributed by atoms with Crippen LogP contribution >= 0.6 is 34.5 Å². The van der Waals surface area contributed by atoms with E-state index in [1.807, 2.05) is 0 Å². The van der Waals surface area contributed by atoms with Gasteiger partial charge in [-0.3, -0.25) is 4.72 Å². The van der Waals surface area contributed by atoms with Crippen molar-refractivity contribution in [3.8, 4) is 0 Å². The summed E-state index contributed by atoms with van der Waals surface area (Å²) in [5, 5.41) is 2.35. The largest absolute Gasteiger partial charge is 0.326 e. The Balaban J connectivity index is 2.39. The lowest BCUT2D eigenvalue weighted by molar-refractivity contribution is 0.600. The van der Waals surface area contributed by atoms with Gasteiger partial charge >= 0.3 is 0 Å². The molecular weight excluding hydrogens is 327 g/mol. The second-order valence-corrected chi connectivity index (χ2v) is 7.14. The van der Waals surface area contributed by atoms with E-state index in [1.165, 1.54) is 29.5 Å². The van der Waals surface area contributed by atoms with Crippen LogP contribution < -0.4 is 10.5 Å². The lowest BCUT2D eigenvalue weighted by Gasteiger charge is -2.10. The highest BCUT2D eigenvalue weighted by atomic mass is 35.5. The van der Waals surface area contributed by atoms with Gasteiger partial charge in [-0.05, 0) is 29.6 Å². The van der Waals surface area contributed by atoms with Crippen molar-refractivity contribution in [2.75, 3.05) is 4.72 Å². The van der Waals surface area contributed by atoms with Crippen LogP contribution in [-0.4, -0.2) is 8.42 Å². The number of hydrogen-bond donors (Lipinski definition) is 2. The summed E-state index contributed by atoms with van der Waals surface area (Å²) in [4.78, 5) is 0.752. The van der Waals surface area contributed by atoms with E-state index >= 15 is 0 Å². The van der Waals surface area contributed by atoms with Gasteiger partial charge in [0.15, 0.2) is 0 Å². The third-order valence-corrected chi connectivity index (χ3v) is 5.44. The average molecular weight is 337 g/mol. The predicted octanol–water partition coefficient (Wildman–Crippen LogP) is 3.31. The highest BCUT2D eigenvalue weighted by Gasteiger charge is 2.20. The first-order valence-corrected chi connectivity index (χ1v) is 8.30. The molecule has 1 aromatic carbocycles. The Morgan fingerprint density at radius 1 is 1.26 bits per heavy atom. The van der Waals surface area contributed by atoms with Gasteiger partial charge in [0.05, 0.1) is 10.7 Å². The van der Waals surface area contributed by atoms with Gasteiger partial charge in [0.1, 0.15) is 4.90 Å². The first-order valence-electron chi connectivity index (χ1n) is 5.18. The number of benzene rings is 1. The van der Waals surface area contributed by atoms with Crippen molar-refractivity contribution in [2.45, 2.75) is 11.4 Å². The minimum atomic E-state index is -3.71. The molecule has 0 atom stereocenters. The third kappa shape index (κ3) is 3.21. The first kappa shape index (κ1) is 14.6. The lowest BCUT2D eigenvalue weighted by Crippen LogP contribution is -2.15. The van der Waals surface area contributed by atoms with E-state index in [0.29, 0.717) is 9.90 Å². The minimum absolute atomic E-state index is 0.163. The van der Waals surface area contributed by atoms with Crippen molar-refractivity contribution in [3.05, 3.63) is 44.6 Å². The van der Waals surface area contributed by atoms with E-state index in [4.69, 9.17) is 28.9 Å². The summed E-state index contributed by atoms with van der Waals surface area (Å²) in [6.45, 7) is 0.164. The molecule has 0 bridgehead atoms. The highest BCUT2D eigenvalue weighted by molar-refractivity contribution is 7.93. The summed E-state index contributed by atoms with van der Waals surface area (Å²) in [5.74, 6) is 0. The maximum absolute atomic E-state index is 12.2. The molecule has 0 radical (unpaired) electrons. The van der Waals surface area contributed by atoms with Gasteiger partial charge in [-0.25, -0.2) is 8.42 Å². The molecule has 1 heterocycles. The smallest absolute Gasteiger partial charge is 0.263 e. The van der Waals surface area contributed by atoms with E-state index in [2.05, 4.69) is 4.72 Å². The molecule has 0 unspecified atom stereocenters. The molecular formula is C11H10Cl2N2O2S2. The van der Waals surface area contributed by atoms with Crippen LogP contribution in [0.2, 0.25) is 10.0 Å². The molecule has 2 aromatic rings. The molecule has 0 spiro atoms. The SMILES string of the molecule is NCc1sccc1S(=O)(=O)Nc1cc(Cl)ccc1Cl. The predicted molar refractivity (Wildman–Crippen MR) is 79.5 cm³/mol. The third-order valence-electron chi connectivity index (χ3n) is 2.35. The number of hydrogen-bond acceptors (Lipinski definition) is 4. The minimum Gasteiger partial charge on any atom is -0.326 e. The number of thiophene rings is 1. The fourth-order valence-corrected chi connectivity index (χ4v) is 4.29. The highest BCUT2D eigenvalue weighted by Crippen LogP contribution is 2.29. The Morgan fingerprint density at radius 2 is 2.00 bits per heavy atom. The van der Waals surface area contributed by atoms with E-state index in [9.17, 15) is 8.42 Å². The summed E-state index contributed by atoms with van der Waals surface area (Å²) < 4.78 is 26.9. The maximum Gasteiger partial charge on any atom is 0.263 e. The second-order valence-electron chi connectivity index (χ2n) is 3.64. The van der Waals surface area contributed by atoms with E-state index < -0.39 is 10.0 Å². The molecule has 0 aliphatic rings. The van der Waals surface area contributed by atoms with Crippen molar-refractivity contribution in [1.29, 1.82) is 0 Å². The average Bonchev–Trinajstić information content (AvgIpc) is 2.82. The normalized spacial score (nSPS) is 11.5. The van der Waals surface area contributed by atoms with Gasteiger partial charge in [0.2, 0.25) is 0 Å². The molecule has 4 nitrogen and oxygen atoms in total. The van der Waals surface area contributed by atoms with Crippen LogP contribution in [0.1, 0.15) is 4.88 Å². The lowest BCUT2D eigenvalue weighted by atomic mass is 10.3.